The molecule has 0 radical (unpaired) electrons. The van der Waals surface area contributed by atoms with E-state index in [9.17, 15) is 24.8 Å². The van der Waals surface area contributed by atoms with E-state index < -0.39 is 22.7 Å². The van der Waals surface area contributed by atoms with Gasteiger partial charge in [0.05, 0.1) is 23.1 Å². The molecular weight excluding hydrogens is 404 g/mol. The maximum Gasteiger partial charge on any atom is 0.295 e. The van der Waals surface area contributed by atoms with Crippen molar-refractivity contribution in [2.45, 2.75) is 12.6 Å². The fourth-order valence-corrected chi connectivity index (χ4v) is 4.19. The van der Waals surface area contributed by atoms with Crippen molar-refractivity contribution < 1.29 is 19.6 Å². The number of likely N-dealkylation sites (tertiary alicyclic amines) is 1. The van der Waals surface area contributed by atoms with Crippen LogP contribution in [0.15, 0.2) is 77.7 Å². The van der Waals surface area contributed by atoms with Gasteiger partial charge in [-0.05, 0) is 29.1 Å². The minimum Gasteiger partial charge on any atom is -0.507 e. The second kappa shape index (κ2) is 7.92. The second-order valence-corrected chi connectivity index (χ2v) is 7.75. The van der Waals surface area contributed by atoms with E-state index in [4.69, 9.17) is 0 Å². The van der Waals surface area contributed by atoms with Crippen LogP contribution >= 0.6 is 11.3 Å². The van der Waals surface area contributed by atoms with Crippen molar-refractivity contribution in [3.05, 3.63) is 104 Å². The van der Waals surface area contributed by atoms with Gasteiger partial charge >= 0.3 is 0 Å². The summed E-state index contributed by atoms with van der Waals surface area (Å²) in [5.41, 5.74) is 0.758. The molecule has 1 saturated heterocycles. The van der Waals surface area contributed by atoms with Gasteiger partial charge in [-0.15, -0.1) is 11.3 Å². The number of rotatable bonds is 5. The molecule has 1 aliphatic rings. The molecule has 0 spiro atoms. The highest BCUT2D eigenvalue weighted by Gasteiger charge is 2.46. The van der Waals surface area contributed by atoms with Crippen molar-refractivity contribution in [2.24, 2.45) is 0 Å². The number of nitrogens with zero attached hydrogens (tertiary/aromatic N) is 2. The molecule has 0 bridgehead atoms. The third-order valence-electron chi connectivity index (χ3n) is 4.91. The molecule has 1 unspecified atom stereocenters. The summed E-state index contributed by atoms with van der Waals surface area (Å²) < 4.78 is 0. The Morgan fingerprint density at radius 1 is 1.03 bits per heavy atom. The largest absolute Gasteiger partial charge is 0.507 e. The molecular formula is C22H16N2O5S. The number of benzene rings is 2. The molecule has 1 atom stereocenters. The zero-order chi connectivity index (χ0) is 21.3. The smallest absolute Gasteiger partial charge is 0.295 e. The fourth-order valence-electron chi connectivity index (χ4n) is 3.49. The molecule has 7 nitrogen and oxygen atoms in total. The van der Waals surface area contributed by atoms with Gasteiger partial charge in [0.15, 0.2) is 0 Å². The lowest BCUT2D eigenvalue weighted by molar-refractivity contribution is -0.384. The molecule has 1 aliphatic heterocycles. The number of hydrogen-bond acceptors (Lipinski definition) is 6. The highest BCUT2D eigenvalue weighted by molar-refractivity contribution is 7.09. The van der Waals surface area contributed by atoms with Gasteiger partial charge in [-0.2, -0.15) is 0 Å². The summed E-state index contributed by atoms with van der Waals surface area (Å²) in [6.07, 6.45) is 0. The Kier molecular flexibility index (Phi) is 5.16. The zero-order valence-electron chi connectivity index (χ0n) is 15.6. The van der Waals surface area contributed by atoms with Crippen molar-refractivity contribution in [3.8, 4) is 0 Å². The standard InChI is InChI=1S/C22H16N2O5S/c25-20(15-8-10-16(11-9-15)24(28)29)18-19(14-5-2-1-3-6-14)23(22(27)21(18)26)13-17-7-4-12-30-17/h1-12,19,25H,13H2/b20-18-. The summed E-state index contributed by atoms with van der Waals surface area (Å²) in [4.78, 5) is 38.5. The summed E-state index contributed by atoms with van der Waals surface area (Å²) in [5, 5.41) is 23.7. The molecule has 1 fully saturated rings. The number of amides is 1. The predicted molar refractivity (Wildman–Crippen MR) is 112 cm³/mol. The number of carbonyl (C=O) groups is 2. The van der Waals surface area contributed by atoms with E-state index in [1.807, 2.05) is 23.6 Å². The van der Waals surface area contributed by atoms with Crippen LogP contribution in [0, 0.1) is 10.1 Å². The van der Waals surface area contributed by atoms with Gasteiger partial charge in [-0.1, -0.05) is 36.4 Å². The minimum absolute atomic E-state index is 0.0309. The van der Waals surface area contributed by atoms with E-state index in [-0.39, 0.29) is 29.1 Å². The Morgan fingerprint density at radius 3 is 2.33 bits per heavy atom. The van der Waals surface area contributed by atoms with Crippen LogP contribution in [0.5, 0.6) is 0 Å². The maximum absolute atomic E-state index is 12.9. The first-order valence-electron chi connectivity index (χ1n) is 9.08. The van der Waals surface area contributed by atoms with Gasteiger partial charge in [0, 0.05) is 22.6 Å². The number of carbonyl (C=O) groups excluding carboxylic acids is 2. The third-order valence-corrected chi connectivity index (χ3v) is 5.77. The van der Waals surface area contributed by atoms with Crippen LogP contribution in [-0.4, -0.2) is 26.6 Å². The molecule has 150 valence electrons. The van der Waals surface area contributed by atoms with Crippen molar-refractivity contribution in [3.63, 3.8) is 0 Å². The van der Waals surface area contributed by atoms with Crippen LogP contribution < -0.4 is 0 Å². The summed E-state index contributed by atoms with van der Waals surface area (Å²) >= 11 is 1.47. The minimum atomic E-state index is -0.781. The van der Waals surface area contributed by atoms with Crippen LogP contribution in [0.1, 0.15) is 22.0 Å². The molecule has 30 heavy (non-hydrogen) atoms. The van der Waals surface area contributed by atoms with Gasteiger partial charge in [0.25, 0.3) is 17.4 Å². The lowest BCUT2D eigenvalue weighted by atomic mass is 9.95. The van der Waals surface area contributed by atoms with Crippen molar-refractivity contribution in [1.82, 2.24) is 4.90 Å². The number of Topliss-reactive ketones (excluding diaryl/α,β-unsaturated/α-hetero) is 1. The van der Waals surface area contributed by atoms with Crippen LogP contribution in [0.25, 0.3) is 5.76 Å². The molecule has 1 N–H and O–H groups in total. The number of nitro benzene ring substituents is 1. The Labute approximate surface area is 175 Å². The highest BCUT2D eigenvalue weighted by atomic mass is 32.1. The van der Waals surface area contributed by atoms with E-state index in [1.54, 1.807) is 24.3 Å². The van der Waals surface area contributed by atoms with Gasteiger partial charge < -0.3 is 10.0 Å². The Morgan fingerprint density at radius 2 is 1.73 bits per heavy atom. The van der Waals surface area contributed by atoms with Crippen LogP contribution in [-0.2, 0) is 16.1 Å². The second-order valence-electron chi connectivity index (χ2n) is 6.72. The molecule has 8 heteroatoms. The number of hydrogen-bond donors (Lipinski definition) is 1. The van der Waals surface area contributed by atoms with Crippen LogP contribution in [0.2, 0.25) is 0 Å². The van der Waals surface area contributed by atoms with E-state index in [0.29, 0.717) is 5.56 Å². The normalized spacial score (nSPS) is 18.0. The number of aliphatic hydroxyl groups is 1. The van der Waals surface area contributed by atoms with Gasteiger partial charge in [0.1, 0.15) is 5.76 Å². The average molecular weight is 420 g/mol. The van der Waals surface area contributed by atoms with Crippen LogP contribution in [0.3, 0.4) is 0 Å². The summed E-state index contributed by atoms with van der Waals surface area (Å²) in [6.45, 7) is 0.235. The molecule has 0 saturated carbocycles. The lowest BCUT2D eigenvalue weighted by Crippen LogP contribution is -2.28. The monoisotopic (exact) mass is 420 g/mol. The SMILES string of the molecule is O=C1C(=O)N(Cc2cccs2)C(c2ccccc2)/C1=C(/O)c1ccc([N+](=O)[O-])cc1. The first kappa shape index (κ1) is 19.5. The third kappa shape index (κ3) is 3.48. The predicted octanol–water partition coefficient (Wildman–Crippen LogP) is 4.28. The zero-order valence-corrected chi connectivity index (χ0v) is 16.4. The maximum atomic E-state index is 12.9. The molecule has 1 amide bonds. The summed E-state index contributed by atoms with van der Waals surface area (Å²) in [6, 6.07) is 17.2. The van der Waals surface area contributed by atoms with Crippen molar-refractivity contribution in [2.75, 3.05) is 0 Å². The molecule has 4 rings (SSSR count). The number of nitro groups is 1. The van der Waals surface area contributed by atoms with Crippen molar-refractivity contribution >= 4 is 34.5 Å². The molecule has 2 aromatic carbocycles. The Balaban J connectivity index is 1.83. The van der Waals surface area contributed by atoms with Gasteiger partial charge in [-0.3, -0.25) is 19.7 Å². The van der Waals surface area contributed by atoms with Crippen LogP contribution in [0.4, 0.5) is 5.69 Å². The van der Waals surface area contributed by atoms with E-state index in [2.05, 4.69) is 0 Å². The molecule has 3 aromatic rings. The first-order chi connectivity index (χ1) is 14.5. The first-order valence-corrected chi connectivity index (χ1v) is 9.96. The number of ketones is 1. The molecule has 1 aromatic heterocycles. The summed E-state index contributed by atoms with van der Waals surface area (Å²) in [7, 11) is 0. The average Bonchev–Trinajstić information content (AvgIpc) is 3.36. The Hall–Kier alpha value is -3.78. The fraction of sp³-hybridized carbons (Fsp3) is 0.0909. The number of aliphatic hydroxyl groups excluding tert-OH is 1. The van der Waals surface area contributed by atoms with Gasteiger partial charge in [0.2, 0.25) is 0 Å². The van der Waals surface area contributed by atoms with E-state index in [1.165, 1.54) is 40.5 Å². The Bertz CT molecular complexity index is 1140. The summed E-state index contributed by atoms with van der Waals surface area (Å²) in [5.74, 6) is -1.83. The van der Waals surface area contributed by atoms with E-state index >= 15 is 0 Å². The lowest BCUT2D eigenvalue weighted by Gasteiger charge is -2.24. The quantitative estimate of drug-likeness (QED) is 0.218. The number of thiophene rings is 1. The van der Waals surface area contributed by atoms with Crippen molar-refractivity contribution in [1.29, 1.82) is 0 Å². The van der Waals surface area contributed by atoms with Gasteiger partial charge in [-0.25, -0.2) is 0 Å². The number of non-ortho nitro benzene ring substituents is 1. The van der Waals surface area contributed by atoms with E-state index in [0.717, 1.165) is 4.88 Å². The topological polar surface area (TPSA) is 101 Å². The highest BCUT2D eigenvalue weighted by Crippen LogP contribution is 2.40. The molecule has 0 aliphatic carbocycles. The molecule has 2 heterocycles.